The smallest absolute Gasteiger partial charge is 0.126 e. The van der Waals surface area contributed by atoms with Crippen molar-refractivity contribution in [3.8, 4) is 0 Å². The second-order valence-corrected chi connectivity index (χ2v) is 4.26. The zero-order chi connectivity index (χ0) is 12.1. The summed E-state index contributed by atoms with van der Waals surface area (Å²) in [5, 5.41) is 3.21. The standard InChI is InChI=1S/C13H19F2N/c1-4-13(16-3)9(2)5-10-6-11(14)8-12(15)7-10/h6-9,13,16H,4-5H2,1-3H3. The van der Waals surface area contributed by atoms with Gasteiger partial charge in [-0.05, 0) is 43.5 Å². The van der Waals surface area contributed by atoms with Crippen LogP contribution in [-0.4, -0.2) is 13.1 Å². The van der Waals surface area contributed by atoms with E-state index >= 15 is 0 Å². The van der Waals surface area contributed by atoms with Gasteiger partial charge in [0.15, 0.2) is 0 Å². The molecule has 1 rings (SSSR count). The van der Waals surface area contributed by atoms with Crippen LogP contribution in [0, 0.1) is 17.6 Å². The molecule has 2 unspecified atom stereocenters. The first-order valence-electron chi connectivity index (χ1n) is 5.69. The molecule has 0 aromatic heterocycles. The van der Waals surface area contributed by atoms with E-state index in [2.05, 4.69) is 19.2 Å². The molecule has 0 bridgehead atoms. The molecule has 0 aliphatic rings. The van der Waals surface area contributed by atoms with Gasteiger partial charge >= 0.3 is 0 Å². The van der Waals surface area contributed by atoms with Crippen LogP contribution in [0.5, 0.6) is 0 Å². The van der Waals surface area contributed by atoms with Crippen LogP contribution in [0.3, 0.4) is 0 Å². The number of nitrogens with one attached hydrogen (secondary N) is 1. The quantitative estimate of drug-likeness (QED) is 0.814. The van der Waals surface area contributed by atoms with E-state index in [1.165, 1.54) is 12.1 Å². The topological polar surface area (TPSA) is 12.0 Å². The maximum Gasteiger partial charge on any atom is 0.126 e. The molecule has 0 amide bonds. The molecule has 0 radical (unpaired) electrons. The fourth-order valence-electron chi connectivity index (χ4n) is 2.13. The van der Waals surface area contributed by atoms with Crippen molar-refractivity contribution >= 4 is 0 Å². The number of rotatable bonds is 5. The van der Waals surface area contributed by atoms with Gasteiger partial charge in [0.05, 0.1) is 0 Å². The monoisotopic (exact) mass is 227 g/mol. The number of benzene rings is 1. The van der Waals surface area contributed by atoms with Crippen molar-refractivity contribution in [2.75, 3.05) is 7.05 Å². The Hall–Kier alpha value is -0.960. The predicted molar refractivity (Wildman–Crippen MR) is 62.4 cm³/mol. The molecule has 0 aliphatic carbocycles. The summed E-state index contributed by atoms with van der Waals surface area (Å²) in [7, 11) is 1.91. The van der Waals surface area contributed by atoms with E-state index in [0.717, 1.165) is 18.1 Å². The number of hydrogen-bond acceptors (Lipinski definition) is 1. The molecule has 0 saturated carbocycles. The molecule has 0 saturated heterocycles. The highest BCUT2D eigenvalue weighted by atomic mass is 19.1. The second-order valence-electron chi connectivity index (χ2n) is 4.26. The molecule has 1 nitrogen and oxygen atoms in total. The third-order valence-corrected chi connectivity index (χ3v) is 2.98. The fourth-order valence-corrected chi connectivity index (χ4v) is 2.13. The molecule has 2 atom stereocenters. The highest BCUT2D eigenvalue weighted by molar-refractivity contribution is 5.18. The van der Waals surface area contributed by atoms with E-state index in [1.807, 2.05) is 7.05 Å². The molecule has 16 heavy (non-hydrogen) atoms. The third-order valence-electron chi connectivity index (χ3n) is 2.98. The van der Waals surface area contributed by atoms with Gasteiger partial charge in [0.1, 0.15) is 11.6 Å². The van der Waals surface area contributed by atoms with Crippen molar-refractivity contribution in [3.05, 3.63) is 35.4 Å². The van der Waals surface area contributed by atoms with Gasteiger partial charge in [-0.25, -0.2) is 8.78 Å². The van der Waals surface area contributed by atoms with Gasteiger partial charge in [0.2, 0.25) is 0 Å². The Morgan fingerprint density at radius 3 is 2.19 bits per heavy atom. The lowest BCUT2D eigenvalue weighted by Gasteiger charge is -2.22. The van der Waals surface area contributed by atoms with Gasteiger partial charge in [-0.3, -0.25) is 0 Å². The Morgan fingerprint density at radius 2 is 1.75 bits per heavy atom. The maximum atomic E-state index is 13.0. The average Bonchev–Trinajstić information content (AvgIpc) is 2.17. The third kappa shape index (κ3) is 3.56. The minimum Gasteiger partial charge on any atom is -0.317 e. The normalized spacial score (nSPS) is 14.8. The Bertz CT molecular complexity index is 314. The summed E-state index contributed by atoms with van der Waals surface area (Å²) in [6, 6.07) is 4.10. The van der Waals surface area contributed by atoms with Gasteiger partial charge in [0, 0.05) is 12.1 Å². The van der Waals surface area contributed by atoms with Crippen LogP contribution < -0.4 is 5.32 Å². The van der Waals surface area contributed by atoms with Gasteiger partial charge in [-0.2, -0.15) is 0 Å². The van der Waals surface area contributed by atoms with Crippen molar-refractivity contribution in [3.63, 3.8) is 0 Å². The van der Waals surface area contributed by atoms with Gasteiger partial charge in [0.25, 0.3) is 0 Å². The van der Waals surface area contributed by atoms with Crippen LogP contribution in [0.4, 0.5) is 8.78 Å². The van der Waals surface area contributed by atoms with Crippen LogP contribution in [-0.2, 0) is 6.42 Å². The average molecular weight is 227 g/mol. The molecule has 3 heteroatoms. The summed E-state index contributed by atoms with van der Waals surface area (Å²) in [5.74, 6) is -0.643. The Labute approximate surface area is 95.9 Å². The highest BCUT2D eigenvalue weighted by Gasteiger charge is 2.14. The largest absolute Gasteiger partial charge is 0.317 e. The Kier molecular flexibility index (Phi) is 4.87. The van der Waals surface area contributed by atoms with Gasteiger partial charge < -0.3 is 5.32 Å². The summed E-state index contributed by atoms with van der Waals surface area (Å²) >= 11 is 0. The second kappa shape index (κ2) is 5.94. The predicted octanol–water partition coefficient (Wildman–Crippen LogP) is 3.14. The first-order chi connectivity index (χ1) is 7.56. The first-order valence-corrected chi connectivity index (χ1v) is 5.69. The van der Waals surface area contributed by atoms with E-state index in [0.29, 0.717) is 18.4 Å². The zero-order valence-electron chi connectivity index (χ0n) is 10.1. The molecular formula is C13H19F2N. The van der Waals surface area contributed by atoms with Crippen LogP contribution in [0.2, 0.25) is 0 Å². The zero-order valence-corrected chi connectivity index (χ0v) is 10.1. The molecule has 1 aromatic rings. The van der Waals surface area contributed by atoms with Gasteiger partial charge in [-0.1, -0.05) is 13.8 Å². The number of halogens is 2. The molecule has 90 valence electrons. The van der Waals surface area contributed by atoms with E-state index in [-0.39, 0.29) is 0 Å². The molecule has 0 heterocycles. The van der Waals surface area contributed by atoms with Crippen molar-refractivity contribution in [1.82, 2.24) is 5.32 Å². The maximum absolute atomic E-state index is 13.0. The highest BCUT2D eigenvalue weighted by Crippen LogP contribution is 2.16. The fraction of sp³-hybridized carbons (Fsp3) is 0.538. The van der Waals surface area contributed by atoms with Crippen LogP contribution in [0.25, 0.3) is 0 Å². The van der Waals surface area contributed by atoms with E-state index in [4.69, 9.17) is 0 Å². The molecule has 0 aliphatic heterocycles. The van der Waals surface area contributed by atoms with Crippen molar-refractivity contribution in [2.24, 2.45) is 5.92 Å². The van der Waals surface area contributed by atoms with Gasteiger partial charge in [-0.15, -0.1) is 0 Å². The summed E-state index contributed by atoms with van der Waals surface area (Å²) < 4.78 is 26.0. The van der Waals surface area contributed by atoms with Crippen LogP contribution in [0.15, 0.2) is 18.2 Å². The van der Waals surface area contributed by atoms with Crippen LogP contribution in [0.1, 0.15) is 25.8 Å². The Balaban J connectivity index is 2.72. The summed E-state index contributed by atoms with van der Waals surface area (Å²) in [5.41, 5.74) is 0.721. The number of hydrogen-bond donors (Lipinski definition) is 1. The van der Waals surface area contributed by atoms with Crippen molar-refractivity contribution in [2.45, 2.75) is 32.7 Å². The van der Waals surface area contributed by atoms with Crippen molar-refractivity contribution in [1.29, 1.82) is 0 Å². The van der Waals surface area contributed by atoms with E-state index < -0.39 is 11.6 Å². The summed E-state index contributed by atoms with van der Waals surface area (Å²) in [4.78, 5) is 0. The lowest BCUT2D eigenvalue weighted by atomic mass is 9.92. The first kappa shape index (κ1) is 13.1. The lowest BCUT2D eigenvalue weighted by molar-refractivity contribution is 0.385. The molecule has 0 spiro atoms. The lowest BCUT2D eigenvalue weighted by Crippen LogP contribution is -2.32. The van der Waals surface area contributed by atoms with E-state index in [1.54, 1.807) is 0 Å². The molecule has 0 fully saturated rings. The molecule has 1 aromatic carbocycles. The molecule has 1 N–H and O–H groups in total. The van der Waals surface area contributed by atoms with Crippen molar-refractivity contribution < 1.29 is 8.78 Å². The molecular weight excluding hydrogens is 208 g/mol. The SMILES string of the molecule is CCC(NC)C(C)Cc1cc(F)cc(F)c1. The minimum atomic E-state index is -0.500. The Morgan fingerprint density at radius 1 is 1.19 bits per heavy atom. The van der Waals surface area contributed by atoms with E-state index in [9.17, 15) is 8.78 Å². The summed E-state index contributed by atoms with van der Waals surface area (Å²) in [6.45, 7) is 4.19. The van der Waals surface area contributed by atoms with Crippen LogP contribution >= 0.6 is 0 Å². The minimum absolute atomic E-state index is 0.358. The summed E-state index contributed by atoms with van der Waals surface area (Å²) in [6.07, 6.45) is 1.70.